The maximum Gasteiger partial charge on any atom is 0.250 e. The first kappa shape index (κ1) is 21.3. The van der Waals surface area contributed by atoms with Crippen molar-refractivity contribution in [2.24, 2.45) is 0 Å². The first-order chi connectivity index (χ1) is 15.1. The van der Waals surface area contributed by atoms with Gasteiger partial charge in [0.05, 0.1) is 26.5 Å². The molecule has 4 rings (SSSR count). The smallest absolute Gasteiger partial charge is 0.250 e. The molecule has 0 N–H and O–H groups in total. The minimum Gasteiger partial charge on any atom is -0.493 e. The van der Waals surface area contributed by atoms with Crippen LogP contribution in [0.25, 0.3) is 0 Å². The molecule has 2 heterocycles. The molecule has 1 aliphatic carbocycles. The van der Waals surface area contributed by atoms with E-state index in [1.54, 1.807) is 41.4 Å². The van der Waals surface area contributed by atoms with E-state index >= 15 is 0 Å². The monoisotopic (exact) mass is 426 g/mol. The number of nitrogens with zero attached hydrogens (tertiary/aromatic N) is 2. The van der Waals surface area contributed by atoms with Gasteiger partial charge < -0.3 is 23.7 Å². The fourth-order valence-electron chi connectivity index (χ4n) is 4.65. The molecule has 2 aliphatic rings. The average Bonchev–Trinajstić information content (AvgIpc) is 3.31. The van der Waals surface area contributed by atoms with Crippen molar-refractivity contribution in [1.29, 1.82) is 0 Å². The third-order valence-corrected chi connectivity index (χ3v) is 6.18. The van der Waals surface area contributed by atoms with E-state index in [1.165, 1.54) is 6.42 Å². The van der Waals surface area contributed by atoms with Gasteiger partial charge in [-0.15, -0.1) is 0 Å². The van der Waals surface area contributed by atoms with Crippen LogP contribution in [0.5, 0.6) is 11.5 Å². The molecule has 7 nitrogen and oxygen atoms in total. The molecule has 2 aromatic rings. The molecule has 0 bridgehead atoms. The summed E-state index contributed by atoms with van der Waals surface area (Å²) >= 11 is 0. The van der Waals surface area contributed by atoms with Crippen LogP contribution in [-0.4, -0.2) is 47.9 Å². The molecule has 2 fully saturated rings. The largest absolute Gasteiger partial charge is 0.493 e. The number of methoxy groups -OCH3 is 1. The fourth-order valence-corrected chi connectivity index (χ4v) is 4.65. The van der Waals surface area contributed by atoms with Crippen LogP contribution in [0.2, 0.25) is 0 Å². The van der Waals surface area contributed by atoms with Crippen LogP contribution in [0.3, 0.4) is 0 Å². The van der Waals surface area contributed by atoms with Crippen molar-refractivity contribution in [3.05, 3.63) is 47.9 Å². The quantitative estimate of drug-likeness (QED) is 0.671. The third-order valence-electron chi connectivity index (χ3n) is 6.18. The molecule has 166 valence electrons. The molecule has 1 unspecified atom stereocenters. The standard InChI is InChI=1S/C24H30N2O5/c1-3-30-20-12-11-17(14-21(20)29-2)23-24(28)25(18-8-5-4-6-9-18)16-22(27)26(23)15-19-10-7-13-31-19/h7,10-14,18,23H,3-6,8-9,15-16H2,1-2H3. The Kier molecular flexibility index (Phi) is 6.49. The molecular formula is C24H30N2O5. The fraction of sp³-hybridized carbons (Fsp3) is 0.500. The Hall–Kier alpha value is -2.96. The molecule has 0 radical (unpaired) electrons. The highest BCUT2D eigenvalue weighted by Gasteiger charge is 2.43. The minimum absolute atomic E-state index is 0.0377. The van der Waals surface area contributed by atoms with Crippen molar-refractivity contribution >= 4 is 11.8 Å². The first-order valence-corrected chi connectivity index (χ1v) is 11.1. The Morgan fingerprint density at radius 3 is 2.58 bits per heavy atom. The normalized spacial score (nSPS) is 20.3. The van der Waals surface area contributed by atoms with Gasteiger partial charge in [0.15, 0.2) is 11.5 Å². The molecule has 0 spiro atoms. The molecule has 31 heavy (non-hydrogen) atoms. The maximum atomic E-state index is 13.7. The number of furan rings is 1. The number of carbonyl (C=O) groups is 2. The summed E-state index contributed by atoms with van der Waals surface area (Å²) in [5.41, 5.74) is 0.714. The predicted molar refractivity (Wildman–Crippen MR) is 115 cm³/mol. The summed E-state index contributed by atoms with van der Waals surface area (Å²) in [5, 5.41) is 0. The van der Waals surface area contributed by atoms with Crippen LogP contribution in [0.1, 0.15) is 56.4 Å². The zero-order valence-electron chi connectivity index (χ0n) is 18.2. The van der Waals surface area contributed by atoms with Crippen LogP contribution in [0.15, 0.2) is 41.0 Å². The zero-order chi connectivity index (χ0) is 21.8. The topological polar surface area (TPSA) is 72.2 Å². The van der Waals surface area contributed by atoms with Gasteiger partial charge >= 0.3 is 0 Å². The molecular weight excluding hydrogens is 396 g/mol. The van der Waals surface area contributed by atoms with Crippen LogP contribution in [0.4, 0.5) is 0 Å². The number of amides is 2. The number of hydrogen-bond donors (Lipinski definition) is 0. The number of benzene rings is 1. The number of rotatable bonds is 7. The van der Waals surface area contributed by atoms with Crippen LogP contribution in [0, 0.1) is 0 Å². The predicted octanol–water partition coefficient (Wildman–Crippen LogP) is 3.93. The van der Waals surface area contributed by atoms with Gasteiger partial charge in [-0.1, -0.05) is 25.3 Å². The summed E-state index contributed by atoms with van der Waals surface area (Å²) in [6.07, 6.45) is 6.87. The Labute approximate surface area is 182 Å². The SMILES string of the molecule is CCOc1ccc(C2C(=O)N(C3CCCCC3)CC(=O)N2Cc2ccco2)cc1OC. The van der Waals surface area contributed by atoms with Crippen molar-refractivity contribution < 1.29 is 23.5 Å². The highest BCUT2D eigenvalue weighted by molar-refractivity contribution is 5.96. The lowest BCUT2D eigenvalue weighted by Gasteiger charge is -2.44. The molecule has 1 aliphatic heterocycles. The van der Waals surface area contributed by atoms with Gasteiger partial charge in [-0.2, -0.15) is 0 Å². The van der Waals surface area contributed by atoms with E-state index in [4.69, 9.17) is 13.9 Å². The van der Waals surface area contributed by atoms with Gasteiger partial charge in [0.25, 0.3) is 5.91 Å². The van der Waals surface area contributed by atoms with E-state index in [2.05, 4.69) is 0 Å². The average molecular weight is 427 g/mol. The zero-order valence-corrected chi connectivity index (χ0v) is 18.2. The highest BCUT2D eigenvalue weighted by atomic mass is 16.5. The highest BCUT2D eigenvalue weighted by Crippen LogP contribution is 2.37. The number of hydrogen-bond acceptors (Lipinski definition) is 5. The van der Waals surface area contributed by atoms with Crippen molar-refractivity contribution in [3.8, 4) is 11.5 Å². The van der Waals surface area contributed by atoms with Crippen molar-refractivity contribution in [2.45, 2.75) is 57.7 Å². The first-order valence-electron chi connectivity index (χ1n) is 11.1. The van der Waals surface area contributed by atoms with Crippen molar-refractivity contribution in [1.82, 2.24) is 9.80 Å². The summed E-state index contributed by atoms with van der Waals surface area (Å²) in [4.78, 5) is 30.4. The van der Waals surface area contributed by atoms with Gasteiger partial charge in [-0.25, -0.2) is 0 Å². The number of piperazine rings is 1. The Balaban J connectivity index is 1.70. The van der Waals surface area contributed by atoms with Crippen molar-refractivity contribution in [2.75, 3.05) is 20.3 Å². The van der Waals surface area contributed by atoms with E-state index in [1.807, 2.05) is 19.1 Å². The van der Waals surface area contributed by atoms with E-state index < -0.39 is 6.04 Å². The Bertz CT molecular complexity index is 905. The van der Waals surface area contributed by atoms with Gasteiger partial charge in [0, 0.05) is 6.04 Å². The van der Waals surface area contributed by atoms with Gasteiger partial charge in [-0.05, 0) is 49.6 Å². The molecule has 2 amide bonds. The molecule has 1 atom stereocenters. The maximum absolute atomic E-state index is 13.7. The number of ether oxygens (including phenoxy) is 2. The second-order valence-electron chi connectivity index (χ2n) is 8.10. The molecule has 1 aromatic heterocycles. The summed E-state index contributed by atoms with van der Waals surface area (Å²) in [5.74, 6) is 1.70. The lowest BCUT2D eigenvalue weighted by molar-refractivity contribution is -0.160. The van der Waals surface area contributed by atoms with Gasteiger partial charge in [0.1, 0.15) is 18.3 Å². The molecule has 1 saturated carbocycles. The number of carbonyl (C=O) groups excluding carboxylic acids is 2. The second-order valence-corrected chi connectivity index (χ2v) is 8.10. The molecule has 7 heteroatoms. The van der Waals surface area contributed by atoms with Crippen LogP contribution in [-0.2, 0) is 16.1 Å². The summed E-state index contributed by atoms with van der Waals surface area (Å²) in [6, 6.07) is 8.47. The Morgan fingerprint density at radius 2 is 1.90 bits per heavy atom. The minimum atomic E-state index is -0.724. The second kappa shape index (κ2) is 9.45. The third kappa shape index (κ3) is 4.40. The lowest BCUT2D eigenvalue weighted by Crippen LogP contribution is -2.58. The van der Waals surface area contributed by atoms with E-state index in [-0.39, 0.29) is 30.9 Å². The summed E-state index contributed by atoms with van der Waals surface area (Å²) in [7, 11) is 1.57. The van der Waals surface area contributed by atoms with E-state index in [0.29, 0.717) is 29.4 Å². The Morgan fingerprint density at radius 1 is 1.10 bits per heavy atom. The van der Waals surface area contributed by atoms with Crippen molar-refractivity contribution in [3.63, 3.8) is 0 Å². The molecule has 1 aromatic carbocycles. The molecule has 1 saturated heterocycles. The summed E-state index contributed by atoms with van der Waals surface area (Å²) in [6.45, 7) is 2.78. The van der Waals surface area contributed by atoms with E-state index in [9.17, 15) is 9.59 Å². The van der Waals surface area contributed by atoms with Crippen LogP contribution >= 0.6 is 0 Å². The summed E-state index contributed by atoms with van der Waals surface area (Å²) < 4.78 is 16.6. The van der Waals surface area contributed by atoms with Gasteiger partial charge in [0.2, 0.25) is 5.91 Å². The van der Waals surface area contributed by atoms with Crippen LogP contribution < -0.4 is 9.47 Å². The van der Waals surface area contributed by atoms with E-state index in [0.717, 1.165) is 25.7 Å². The van der Waals surface area contributed by atoms with Gasteiger partial charge in [-0.3, -0.25) is 9.59 Å². The lowest BCUT2D eigenvalue weighted by atomic mass is 9.91.